The highest BCUT2D eigenvalue weighted by Crippen LogP contribution is 2.26. The second-order valence-corrected chi connectivity index (χ2v) is 11.6. The molecular formula is C30H36ClN3O4S. The van der Waals surface area contributed by atoms with Crippen molar-refractivity contribution >= 4 is 39.1 Å². The lowest BCUT2D eigenvalue weighted by molar-refractivity contribution is -0.140. The van der Waals surface area contributed by atoms with E-state index in [0.29, 0.717) is 29.2 Å². The first kappa shape index (κ1) is 30.2. The molecule has 1 atom stereocenters. The van der Waals surface area contributed by atoms with E-state index in [0.717, 1.165) is 22.7 Å². The van der Waals surface area contributed by atoms with Crippen molar-refractivity contribution in [2.45, 2.75) is 57.5 Å². The first-order chi connectivity index (χ1) is 18.7. The summed E-state index contributed by atoms with van der Waals surface area (Å²) in [6.07, 6.45) is 2.09. The number of hydrogen-bond acceptors (Lipinski definition) is 4. The molecule has 1 unspecified atom stereocenters. The Morgan fingerprint density at radius 2 is 1.64 bits per heavy atom. The molecule has 9 heteroatoms. The number of nitrogens with zero attached hydrogens (tertiary/aromatic N) is 2. The summed E-state index contributed by atoms with van der Waals surface area (Å²) in [5.41, 5.74) is 1.88. The summed E-state index contributed by atoms with van der Waals surface area (Å²) in [7, 11) is -4.09. The molecule has 0 fully saturated rings. The van der Waals surface area contributed by atoms with Crippen LogP contribution in [0.15, 0.2) is 83.8 Å². The minimum Gasteiger partial charge on any atom is -0.354 e. The summed E-state index contributed by atoms with van der Waals surface area (Å²) in [6, 6.07) is 21.3. The van der Waals surface area contributed by atoms with Crippen LogP contribution in [0.2, 0.25) is 5.02 Å². The molecule has 0 aliphatic heterocycles. The normalized spacial score (nSPS) is 12.0. The van der Waals surface area contributed by atoms with Crippen LogP contribution in [0.3, 0.4) is 0 Å². The zero-order chi connectivity index (χ0) is 28.4. The van der Waals surface area contributed by atoms with Crippen molar-refractivity contribution in [3.63, 3.8) is 0 Å². The Balaban J connectivity index is 2.03. The Kier molecular flexibility index (Phi) is 10.9. The van der Waals surface area contributed by atoms with E-state index in [1.807, 2.05) is 32.9 Å². The van der Waals surface area contributed by atoms with Crippen LogP contribution in [0, 0.1) is 6.92 Å². The van der Waals surface area contributed by atoms with Gasteiger partial charge in [0.2, 0.25) is 11.8 Å². The number of halogens is 1. The first-order valence-electron chi connectivity index (χ1n) is 13.1. The number of nitrogens with one attached hydrogen (secondary N) is 1. The van der Waals surface area contributed by atoms with Gasteiger partial charge in [0.05, 0.1) is 10.6 Å². The molecule has 3 aromatic rings. The zero-order valence-electron chi connectivity index (χ0n) is 22.6. The highest BCUT2D eigenvalue weighted by Gasteiger charge is 2.33. The number of carbonyl (C=O) groups excluding carboxylic acids is 2. The van der Waals surface area contributed by atoms with Crippen LogP contribution in [-0.2, 0) is 26.2 Å². The van der Waals surface area contributed by atoms with Gasteiger partial charge >= 0.3 is 0 Å². The van der Waals surface area contributed by atoms with Crippen molar-refractivity contribution in [2.24, 2.45) is 0 Å². The van der Waals surface area contributed by atoms with Crippen molar-refractivity contribution in [1.29, 1.82) is 0 Å². The summed E-state index contributed by atoms with van der Waals surface area (Å²) < 4.78 is 28.7. The highest BCUT2D eigenvalue weighted by molar-refractivity contribution is 7.92. The standard InChI is InChI=1S/C30H36ClN3O4S/c1-4-6-19-32-30(36)28(5-2)33(21-24-14-10-11-18-27(24)31)29(35)22-34(25-15-12-13-23(3)20-25)39(37,38)26-16-8-7-9-17-26/h7-18,20,28H,4-6,19,21-22H2,1-3H3,(H,32,36). The number of anilines is 1. The van der Waals surface area contributed by atoms with Gasteiger partial charge < -0.3 is 10.2 Å². The minimum absolute atomic E-state index is 0.0608. The molecule has 0 aliphatic carbocycles. The molecule has 39 heavy (non-hydrogen) atoms. The molecule has 3 aromatic carbocycles. The summed E-state index contributed by atoms with van der Waals surface area (Å²) in [5.74, 6) is -0.784. The van der Waals surface area contributed by atoms with Crippen molar-refractivity contribution < 1.29 is 18.0 Å². The molecule has 7 nitrogen and oxygen atoms in total. The molecule has 0 bridgehead atoms. The summed E-state index contributed by atoms with van der Waals surface area (Å²) >= 11 is 6.43. The molecule has 0 saturated heterocycles. The number of sulfonamides is 1. The van der Waals surface area contributed by atoms with Gasteiger partial charge in [0.1, 0.15) is 12.6 Å². The average molecular weight is 570 g/mol. The molecule has 0 aliphatic rings. The van der Waals surface area contributed by atoms with E-state index in [4.69, 9.17) is 11.6 Å². The lowest BCUT2D eigenvalue weighted by Crippen LogP contribution is -2.52. The van der Waals surface area contributed by atoms with Gasteiger partial charge in [-0.25, -0.2) is 8.42 Å². The molecular weight excluding hydrogens is 534 g/mol. The fraction of sp³-hybridized carbons (Fsp3) is 0.333. The van der Waals surface area contributed by atoms with Gasteiger partial charge in [-0.05, 0) is 61.2 Å². The molecule has 2 amide bonds. The summed E-state index contributed by atoms with van der Waals surface area (Å²) in [4.78, 5) is 28.8. The number of aryl methyl sites for hydroxylation is 1. The maximum atomic E-state index is 14.0. The number of rotatable bonds is 13. The smallest absolute Gasteiger partial charge is 0.264 e. The molecule has 0 heterocycles. The Morgan fingerprint density at radius 3 is 2.28 bits per heavy atom. The number of benzene rings is 3. The third-order valence-electron chi connectivity index (χ3n) is 6.41. The lowest BCUT2D eigenvalue weighted by Gasteiger charge is -2.33. The number of carbonyl (C=O) groups is 2. The fourth-order valence-electron chi connectivity index (χ4n) is 4.27. The predicted octanol–water partition coefficient (Wildman–Crippen LogP) is 5.57. The Labute approximate surface area is 236 Å². The SMILES string of the molecule is CCCCNC(=O)C(CC)N(Cc1ccccc1Cl)C(=O)CN(c1cccc(C)c1)S(=O)(=O)c1ccccc1. The van der Waals surface area contributed by atoms with Gasteiger partial charge in [0.25, 0.3) is 10.0 Å². The third-order valence-corrected chi connectivity index (χ3v) is 8.57. The van der Waals surface area contributed by atoms with E-state index in [-0.39, 0.29) is 17.3 Å². The van der Waals surface area contributed by atoms with Crippen LogP contribution in [0.4, 0.5) is 5.69 Å². The monoisotopic (exact) mass is 569 g/mol. The topological polar surface area (TPSA) is 86.8 Å². The Bertz CT molecular complexity index is 1370. The maximum Gasteiger partial charge on any atom is 0.264 e. The van der Waals surface area contributed by atoms with Crippen LogP contribution >= 0.6 is 11.6 Å². The number of hydrogen-bond donors (Lipinski definition) is 1. The van der Waals surface area contributed by atoms with Crippen molar-refractivity contribution in [3.05, 3.63) is 95.0 Å². The largest absolute Gasteiger partial charge is 0.354 e. The second kappa shape index (κ2) is 14.1. The van der Waals surface area contributed by atoms with E-state index >= 15 is 0 Å². The fourth-order valence-corrected chi connectivity index (χ4v) is 5.89. The number of amides is 2. The van der Waals surface area contributed by atoms with Crippen LogP contribution in [-0.4, -0.2) is 44.3 Å². The predicted molar refractivity (Wildman–Crippen MR) is 156 cm³/mol. The van der Waals surface area contributed by atoms with Crippen LogP contribution in [0.25, 0.3) is 0 Å². The Morgan fingerprint density at radius 1 is 0.949 bits per heavy atom. The zero-order valence-corrected chi connectivity index (χ0v) is 24.2. The highest BCUT2D eigenvalue weighted by atomic mass is 35.5. The van der Waals surface area contributed by atoms with Gasteiger partial charge in [0.15, 0.2) is 0 Å². The molecule has 0 aromatic heterocycles. The first-order valence-corrected chi connectivity index (χ1v) is 15.0. The average Bonchev–Trinajstić information content (AvgIpc) is 2.93. The van der Waals surface area contributed by atoms with E-state index < -0.39 is 28.5 Å². The molecule has 0 spiro atoms. The van der Waals surface area contributed by atoms with Crippen molar-refractivity contribution in [1.82, 2.24) is 10.2 Å². The number of unbranched alkanes of at least 4 members (excludes halogenated alkanes) is 1. The quantitative estimate of drug-likeness (QED) is 0.273. The third kappa shape index (κ3) is 7.83. The minimum atomic E-state index is -4.09. The molecule has 3 rings (SSSR count). The van der Waals surface area contributed by atoms with Crippen molar-refractivity contribution in [3.8, 4) is 0 Å². The molecule has 208 valence electrons. The Hall–Kier alpha value is -3.36. The van der Waals surface area contributed by atoms with Crippen LogP contribution < -0.4 is 9.62 Å². The van der Waals surface area contributed by atoms with Crippen LogP contribution in [0.1, 0.15) is 44.2 Å². The lowest BCUT2D eigenvalue weighted by atomic mass is 10.1. The van der Waals surface area contributed by atoms with E-state index in [1.165, 1.54) is 17.0 Å². The van der Waals surface area contributed by atoms with Gasteiger partial charge in [-0.1, -0.05) is 80.4 Å². The maximum absolute atomic E-state index is 14.0. The van der Waals surface area contributed by atoms with Crippen molar-refractivity contribution in [2.75, 3.05) is 17.4 Å². The van der Waals surface area contributed by atoms with Gasteiger partial charge in [-0.2, -0.15) is 0 Å². The van der Waals surface area contributed by atoms with Gasteiger partial charge in [0, 0.05) is 18.1 Å². The molecule has 0 saturated carbocycles. The van der Waals surface area contributed by atoms with E-state index in [1.54, 1.807) is 54.6 Å². The van der Waals surface area contributed by atoms with Gasteiger partial charge in [-0.3, -0.25) is 13.9 Å². The van der Waals surface area contributed by atoms with Gasteiger partial charge in [-0.15, -0.1) is 0 Å². The molecule has 0 radical (unpaired) electrons. The summed E-state index contributed by atoms with van der Waals surface area (Å²) in [5, 5.41) is 3.38. The summed E-state index contributed by atoms with van der Waals surface area (Å²) in [6.45, 7) is 5.79. The van der Waals surface area contributed by atoms with E-state index in [2.05, 4.69) is 5.32 Å². The second-order valence-electron chi connectivity index (χ2n) is 9.35. The van der Waals surface area contributed by atoms with E-state index in [9.17, 15) is 18.0 Å². The molecule has 1 N–H and O–H groups in total. The van der Waals surface area contributed by atoms with Crippen LogP contribution in [0.5, 0.6) is 0 Å².